The van der Waals surface area contributed by atoms with E-state index < -0.39 is 5.41 Å². The summed E-state index contributed by atoms with van der Waals surface area (Å²) < 4.78 is 2.62. The van der Waals surface area contributed by atoms with Crippen molar-refractivity contribution in [2.75, 3.05) is 9.80 Å². The second-order valence-corrected chi connectivity index (χ2v) is 19.4. The molecule has 1 aromatic heterocycles. The first-order valence-electron chi connectivity index (χ1n) is 24.1. The van der Waals surface area contributed by atoms with Crippen molar-refractivity contribution in [1.82, 2.24) is 0 Å². The summed E-state index contributed by atoms with van der Waals surface area (Å²) in [6.07, 6.45) is 0. The van der Waals surface area contributed by atoms with Crippen LogP contribution >= 0.6 is 11.3 Å². The van der Waals surface area contributed by atoms with Gasteiger partial charge in [-0.05, 0) is 116 Å². The predicted octanol–water partition coefficient (Wildman–Crippen LogP) is 18.7. The van der Waals surface area contributed by atoms with E-state index in [9.17, 15) is 0 Å². The number of para-hydroxylation sites is 4. The zero-order chi connectivity index (χ0) is 46.2. The van der Waals surface area contributed by atoms with Gasteiger partial charge in [0, 0.05) is 42.7 Å². The van der Waals surface area contributed by atoms with Crippen molar-refractivity contribution in [1.29, 1.82) is 0 Å². The predicted molar refractivity (Wildman–Crippen MR) is 296 cm³/mol. The maximum Gasteiger partial charge on any atom is 0.0755 e. The van der Waals surface area contributed by atoms with E-state index in [2.05, 4.69) is 277 Å². The van der Waals surface area contributed by atoms with Crippen LogP contribution in [0.2, 0.25) is 0 Å². The number of hydrogen-bond donors (Lipinski definition) is 0. The molecule has 12 aromatic rings. The summed E-state index contributed by atoms with van der Waals surface area (Å²) in [6, 6.07) is 98.6. The molecule has 0 bridgehead atoms. The van der Waals surface area contributed by atoms with E-state index in [0.29, 0.717) is 0 Å². The first kappa shape index (κ1) is 40.3. The van der Waals surface area contributed by atoms with Crippen molar-refractivity contribution in [3.05, 3.63) is 289 Å². The van der Waals surface area contributed by atoms with E-state index in [1.165, 1.54) is 87.2 Å². The van der Waals surface area contributed by atoms with Gasteiger partial charge in [-0.15, -0.1) is 11.3 Å². The van der Waals surface area contributed by atoms with Gasteiger partial charge in [-0.2, -0.15) is 0 Å². The lowest BCUT2D eigenvalue weighted by Crippen LogP contribution is -2.36. The fourth-order valence-corrected chi connectivity index (χ4v) is 12.9. The van der Waals surface area contributed by atoms with Gasteiger partial charge in [0.2, 0.25) is 0 Å². The third-order valence-corrected chi connectivity index (χ3v) is 15.8. The summed E-state index contributed by atoms with van der Waals surface area (Å²) in [5, 5.41) is 2.62. The number of thiophene rings is 1. The Morgan fingerprint density at radius 1 is 0.329 bits per heavy atom. The first-order valence-corrected chi connectivity index (χ1v) is 24.9. The van der Waals surface area contributed by atoms with Crippen LogP contribution in [-0.4, -0.2) is 0 Å². The minimum absolute atomic E-state index is 0.593. The molecule has 0 atom stereocenters. The average molecular weight is 909 g/mol. The quantitative estimate of drug-likeness (QED) is 0.157. The maximum atomic E-state index is 2.52. The molecule has 0 saturated heterocycles. The Morgan fingerprint density at radius 2 is 0.829 bits per heavy atom. The molecule has 328 valence electrons. The lowest BCUT2D eigenvalue weighted by molar-refractivity contribution is 0.752. The molecular formula is C67H44N2S. The molecule has 11 aromatic carbocycles. The third kappa shape index (κ3) is 6.05. The lowest BCUT2D eigenvalue weighted by atomic mass is 9.64. The monoisotopic (exact) mass is 908 g/mol. The number of anilines is 6. The molecule has 2 aliphatic rings. The molecule has 0 radical (unpaired) electrons. The Bertz CT molecular complexity index is 3900. The first-order chi connectivity index (χ1) is 34.8. The van der Waals surface area contributed by atoms with Gasteiger partial charge in [0.1, 0.15) is 0 Å². The molecule has 1 spiro atoms. The highest BCUT2D eigenvalue weighted by atomic mass is 32.1. The van der Waals surface area contributed by atoms with Crippen LogP contribution in [0.3, 0.4) is 0 Å². The zero-order valence-corrected chi connectivity index (χ0v) is 39.0. The Balaban J connectivity index is 1.01. The SMILES string of the molecule is c1ccc(-c2ccc(-c3ccccc3N(c3ccc(-c4cccc5sc6ccccc6c45)cc3)c3cccc4c3-c3ccccc3C43c4ccccc4N(c4ccccc4)c4ccccc43)cc2)cc1. The molecular weight excluding hydrogens is 865 g/mol. The van der Waals surface area contributed by atoms with Crippen molar-refractivity contribution in [2.24, 2.45) is 0 Å². The van der Waals surface area contributed by atoms with Crippen molar-refractivity contribution >= 4 is 65.6 Å². The lowest BCUT2D eigenvalue weighted by Gasteiger charge is -2.45. The molecule has 0 fully saturated rings. The van der Waals surface area contributed by atoms with Crippen LogP contribution in [0.25, 0.3) is 64.7 Å². The van der Waals surface area contributed by atoms with Crippen LogP contribution in [0, 0.1) is 0 Å². The Hall–Kier alpha value is -8.76. The average Bonchev–Trinajstić information content (AvgIpc) is 3.97. The molecule has 2 heterocycles. The van der Waals surface area contributed by atoms with Crippen molar-refractivity contribution in [3.63, 3.8) is 0 Å². The van der Waals surface area contributed by atoms with E-state index in [0.717, 1.165) is 33.9 Å². The van der Waals surface area contributed by atoms with Gasteiger partial charge in [-0.25, -0.2) is 0 Å². The van der Waals surface area contributed by atoms with E-state index in [4.69, 9.17) is 0 Å². The van der Waals surface area contributed by atoms with Gasteiger partial charge in [0.15, 0.2) is 0 Å². The Kier molecular flexibility index (Phi) is 9.33. The van der Waals surface area contributed by atoms with Crippen molar-refractivity contribution < 1.29 is 0 Å². The molecule has 1 aliphatic carbocycles. The molecule has 70 heavy (non-hydrogen) atoms. The van der Waals surface area contributed by atoms with Crippen LogP contribution in [-0.2, 0) is 5.41 Å². The smallest absolute Gasteiger partial charge is 0.0755 e. The van der Waals surface area contributed by atoms with Crippen molar-refractivity contribution in [2.45, 2.75) is 5.41 Å². The van der Waals surface area contributed by atoms with E-state index in [-0.39, 0.29) is 0 Å². The molecule has 14 rings (SSSR count). The summed E-state index contributed by atoms with van der Waals surface area (Å²) in [6.45, 7) is 0. The third-order valence-electron chi connectivity index (χ3n) is 14.7. The highest BCUT2D eigenvalue weighted by Crippen LogP contribution is 2.65. The van der Waals surface area contributed by atoms with Crippen LogP contribution in [0.5, 0.6) is 0 Å². The number of benzene rings is 11. The van der Waals surface area contributed by atoms with Gasteiger partial charge in [0.05, 0.1) is 28.2 Å². The highest BCUT2D eigenvalue weighted by molar-refractivity contribution is 7.25. The fraction of sp³-hybridized carbons (Fsp3) is 0.0149. The number of hydrogen-bond acceptors (Lipinski definition) is 3. The number of rotatable bonds is 7. The summed E-state index contributed by atoms with van der Waals surface area (Å²) in [4.78, 5) is 4.98. The standard InChI is InChI=1S/C67H44N2S/c1-3-19-45(20-4-1)46-37-39-47(40-38-46)51-23-8-13-31-59(51)68(50-43-41-48(42-44-50)52-26-17-36-64-65(52)54-25-9-16-35-63(54)70-64)62-34-18-30-58-66(62)53-24-7-10-27-55(53)67(58)56-28-11-14-32-60(56)69(49-21-5-2-6-22-49)61-33-15-12-29-57(61)67/h1-44H. The summed E-state index contributed by atoms with van der Waals surface area (Å²) in [5.41, 5.74) is 21.0. The molecule has 2 nitrogen and oxygen atoms in total. The van der Waals surface area contributed by atoms with E-state index >= 15 is 0 Å². The van der Waals surface area contributed by atoms with Gasteiger partial charge >= 0.3 is 0 Å². The second kappa shape index (κ2) is 16.2. The van der Waals surface area contributed by atoms with Gasteiger partial charge in [-0.3, -0.25) is 0 Å². The minimum Gasteiger partial charge on any atom is -0.310 e. The normalized spacial score (nSPS) is 12.9. The van der Waals surface area contributed by atoms with Crippen molar-refractivity contribution in [3.8, 4) is 44.5 Å². The van der Waals surface area contributed by atoms with Crippen LogP contribution in [0.1, 0.15) is 22.3 Å². The van der Waals surface area contributed by atoms with Crippen LogP contribution in [0.4, 0.5) is 34.1 Å². The Morgan fingerprint density at radius 3 is 1.59 bits per heavy atom. The number of nitrogens with zero attached hydrogens (tertiary/aromatic N) is 2. The maximum absolute atomic E-state index is 2.52. The fourth-order valence-electron chi connectivity index (χ4n) is 11.8. The second-order valence-electron chi connectivity index (χ2n) is 18.3. The van der Waals surface area contributed by atoms with Crippen LogP contribution in [0.15, 0.2) is 267 Å². The zero-order valence-electron chi connectivity index (χ0n) is 38.2. The van der Waals surface area contributed by atoms with Gasteiger partial charge in [-0.1, -0.05) is 206 Å². The van der Waals surface area contributed by atoms with E-state index in [1.807, 2.05) is 11.3 Å². The molecule has 0 saturated carbocycles. The molecule has 3 heteroatoms. The van der Waals surface area contributed by atoms with Gasteiger partial charge < -0.3 is 9.80 Å². The number of fused-ring (bicyclic) bond motifs is 12. The van der Waals surface area contributed by atoms with E-state index in [1.54, 1.807) is 0 Å². The topological polar surface area (TPSA) is 6.48 Å². The summed E-state index contributed by atoms with van der Waals surface area (Å²) in [7, 11) is 0. The molecule has 0 N–H and O–H groups in total. The largest absolute Gasteiger partial charge is 0.310 e. The highest BCUT2D eigenvalue weighted by Gasteiger charge is 2.52. The molecule has 1 aliphatic heterocycles. The van der Waals surface area contributed by atoms with Crippen LogP contribution < -0.4 is 9.80 Å². The summed E-state index contributed by atoms with van der Waals surface area (Å²) >= 11 is 1.87. The molecule has 0 amide bonds. The minimum atomic E-state index is -0.593. The Labute approximate surface area is 412 Å². The van der Waals surface area contributed by atoms with Gasteiger partial charge in [0.25, 0.3) is 0 Å². The molecule has 0 unspecified atom stereocenters. The summed E-state index contributed by atoms with van der Waals surface area (Å²) in [5.74, 6) is 0.